The van der Waals surface area contributed by atoms with Gasteiger partial charge in [-0.2, -0.15) is 0 Å². The topological polar surface area (TPSA) is 148 Å². The molecule has 42 heavy (non-hydrogen) atoms. The van der Waals surface area contributed by atoms with Crippen molar-refractivity contribution < 1.29 is 24.5 Å². The van der Waals surface area contributed by atoms with E-state index in [1.807, 2.05) is 39.0 Å². The molecule has 0 amide bonds. The Hall–Kier alpha value is -4.79. The van der Waals surface area contributed by atoms with Crippen molar-refractivity contribution in [2.45, 2.75) is 65.7 Å². The molecule has 2 atom stereocenters. The van der Waals surface area contributed by atoms with Crippen LogP contribution in [-0.2, 0) is 11.2 Å². The minimum absolute atomic E-state index is 0.0672. The van der Waals surface area contributed by atoms with Gasteiger partial charge in [-0.3, -0.25) is 9.78 Å². The van der Waals surface area contributed by atoms with Gasteiger partial charge in [0.15, 0.2) is 0 Å². The van der Waals surface area contributed by atoms with Crippen molar-refractivity contribution in [2.75, 3.05) is 0 Å². The second kappa shape index (κ2) is 9.94. The highest BCUT2D eigenvalue weighted by atomic mass is 16.5. The van der Waals surface area contributed by atoms with E-state index in [0.717, 1.165) is 56.4 Å². The predicted octanol–water partition coefficient (Wildman–Crippen LogP) is 7.58. The highest BCUT2D eigenvalue weighted by Crippen LogP contribution is 2.49. The molecule has 6 rings (SSSR count). The molecule has 0 saturated heterocycles. The number of aromatic hydroxyl groups is 2. The third-order valence-corrected chi connectivity index (χ3v) is 8.92. The first-order valence-electron chi connectivity index (χ1n) is 14.2. The maximum Gasteiger partial charge on any atom is 0.303 e. The monoisotopic (exact) mass is 566 g/mol. The van der Waals surface area contributed by atoms with Crippen LogP contribution < -0.4 is 0 Å². The zero-order chi connectivity index (χ0) is 30.0. The van der Waals surface area contributed by atoms with Crippen LogP contribution in [0.15, 0.2) is 29.2 Å². The average molecular weight is 567 g/mol. The maximum absolute atomic E-state index is 11.6. The van der Waals surface area contributed by atoms with Gasteiger partial charge in [0.2, 0.25) is 0 Å². The highest BCUT2D eigenvalue weighted by molar-refractivity contribution is 5.95. The molecule has 0 spiro atoms. The Morgan fingerprint density at radius 2 is 1.71 bits per heavy atom. The van der Waals surface area contributed by atoms with Gasteiger partial charge in [0.1, 0.15) is 5.39 Å². The number of aryl methyl sites for hydroxylation is 4. The first-order chi connectivity index (χ1) is 20.0. The van der Waals surface area contributed by atoms with Gasteiger partial charge < -0.3 is 29.7 Å². The summed E-state index contributed by atoms with van der Waals surface area (Å²) in [5.74, 6) is -2.35. The number of hydrogen-bond acceptors (Lipinski definition) is 6. The van der Waals surface area contributed by atoms with Crippen LogP contribution in [0.1, 0.15) is 77.7 Å². The number of rotatable bonds is 5. The summed E-state index contributed by atoms with van der Waals surface area (Å²) in [7, 11) is 0. The lowest BCUT2D eigenvalue weighted by Gasteiger charge is -2.16. The Labute approximate surface area is 242 Å². The fourth-order valence-electron chi connectivity index (χ4n) is 6.52. The number of aromatic amines is 2. The maximum atomic E-state index is 11.6. The number of aliphatic carboxylic acids is 1. The molecule has 0 unspecified atom stereocenters. The van der Waals surface area contributed by atoms with Gasteiger partial charge in [-0.25, -0.2) is 4.98 Å². The molecular weight excluding hydrogens is 532 g/mol. The summed E-state index contributed by atoms with van der Waals surface area (Å²) in [6.45, 7) is 14.1. The third-order valence-electron chi connectivity index (χ3n) is 8.92. The standard InChI is InChI=1S/C33H34N4O5/c1-7-18-14(3)21-11-23-16(5)20(9-10-27(38)39)30(36-23)29-31-28(32(40)42-33(29)41)17(6)24(37-31)13-26-19(8-2)15(4)22(35-26)12-25(18)34-21/h7,11-13,16,20,34-35,40-41H,1,8-10H2,2-6H3,(H,38,39)/t16-,20+/m0/s1. The number of H-pyrrole nitrogens is 2. The molecule has 0 aliphatic carbocycles. The van der Waals surface area contributed by atoms with Crippen molar-refractivity contribution in [3.63, 3.8) is 0 Å². The molecule has 9 heteroatoms. The van der Waals surface area contributed by atoms with E-state index in [1.54, 1.807) is 0 Å². The number of nitrogens with one attached hydrogen (secondary N) is 2. The Balaban J connectivity index is 1.85. The van der Waals surface area contributed by atoms with E-state index in [9.17, 15) is 20.1 Å². The lowest BCUT2D eigenvalue weighted by Crippen LogP contribution is -2.06. The van der Waals surface area contributed by atoms with Crippen LogP contribution in [-0.4, -0.2) is 41.2 Å². The van der Waals surface area contributed by atoms with Gasteiger partial charge in [-0.05, 0) is 74.1 Å². The lowest BCUT2D eigenvalue weighted by atomic mass is 9.86. The Kier molecular flexibility index (Phi) is 6.48. The summed E-state index contributed by atoms with van der Waals surface area (Å²) in [4.78, 5) is 28.6. The van der Waals surface area contributed by atoms with E-state index in [4.69, 9.17) is 14.4 Å². The molecule has 3 aliphatic heterocycles. The fourth-order valence-corrected chi connectivity index (χ4v) is 6.52. The third kappa shape index (κ3) is 4.10. The van der Waals surface area contributed by atoms with Crippen molar-refractivity contribution >= 4 is 45.0 Å². The summed E-state index contributed by atoms with van der Waals surface area (Å²) < 4.78 is 5.47. The molecule has 0 radical (unpaired) electrons. The zero-order valence-corrected chi connectivity index (χ0v) is 24.3. The normalized spacial score (nSPS) is 16.0. The summed E-state index contributed by atoms with van der Waals surface area (Å²) in [6, 6.07) is 6.03. The molecule has 9 nitrogen and oxygen atoms in total. The molecule has 3 aliphatic rings. The van der Waals surface area contributed by atoms with Gasteiger partial charge in [0.05, 0.1) is 22.5 Å². The molecule has 0 aromatic carbocycles. The quantitative estimate of drug-likeness (QED) is 0.147. The molecule has 5 N–H and O–H groups in total. The number of carboxylic acids is 1. The first kappa shape index (κ1) is 27.4. The molecule has 216 valence electrons. The number of nitrogens with zero attached hydrogens (tertiary/aromatic N) is 2. The first-order valence-corrected chi connectivity index (χ1v) is 14.2. The molecule has 8 bridgehead atoms. The van der Waals surface area contributed by atoms with Crippen LogP contribution in [0.2, 0.25) is 0 Å². The molecular formula is C33H34N4O5. The Morgan fingerprint density at radius 3 is 2.40 bits per heavy atom. The van der Waals surface area contributed by atoms with Crippen LogP contribution >= 0.6 is 0 Å². The number of aromatic nitrogens is 4. The average Bonchev–Trinajstić information content (AvgIpc) is 3.61. The van der Waals surface area contributed by atoms with Gasteiger partial charge in [-0.15, -0.1) is 0 Å². The summed E-state index contributed by atoms with van der Waals surface area (Å²) in [5, 5.41) is 31.7. The molecule has 3 aromatic heterocycles. The Bertz CT molecular complexity index is 2010. The Morgan fingerprint density at radius 1 is 1.00 bits per heavy atom. The highest BCUT2D eigenvalue weighted by Gasteiger charge is 2.35. The second-order valence-corrected chi connectivity index (χ2v) is 11.2. The second-order valence-electron chi connectivity index (χ2n) is 11.2. The number of hydrogen-bond donors (Lipinski definition) is 5. The van der Waals surface area contributed by atoms with E-state index in [1.165, 1.54) is 0 Å². The van der Waals surface area contributed by atoms with Crippen molar-refractivity contribution in [1.29, 1.82) is 0 Å². The smallest absolute Gasteiger partial charge is 0.303 e. The molecule has 3 aromatic rings. The largest absolute Gasteiger partial charge is 0.481 e. The van der Waals surface area contributed by atoms with E-state index in [0.29, 0.717) is 34.5 Å². The van der Waals surface area contributed by atoms with E-state index in [-0.39, 0.29) is 23.6 Å². The van der Waals surface area contributed by atoms with Crippen LogP contribution in [0, 0.1) is 20.8 Å². The van der Waals surface area contributed by atoms with Crippen molar-refractivity contribution in [3.8, 4) is 23.1 Å². The predicted molar refractivity (Wildman–Crippen MR) is 164 cm³/mol. The van der Waals surface area contributed by atoms with Gasteiger partial charge in [-0.1, -0.05) is 26.5 Å². The lowest BCUT2D eigenvalue weighted by molar-refractivity contribution is -0.137. The van der Waals surface area contributed by atoms with Crippen LogP contribution in [0.25, 0.3) is 50.3 Å². The fraction of sp³-hybridized carbons (Fsp3) is 0.303. The van der Waals surface area contributed by atoms with E-state index >= 15 is 0 Å². The summed E-state index contributed by atoms with van der Waals surface area (Å²) in [5.41, 5.74) is 11.2. The van der Waals surface area contributed by atoms with Crippen molar-refractivity contribution in [1.82, 2.24) is 19.9 Å². The van der Waals surface area contributed by atoms with Crippen LogP contribution in [0.3, 0.4) is 0 Å². The molecule has 0 saturated carbocycles. The van der Waals surface area contributed by atoms with Crippen molar-refractivity contribution in [2.24, 2.45) is 0 Å². The molecule has 0 fully saturated rings. The van der Waals surface area contributed by atoms with Gasteiger partial charge in [0.25, 0.3) is 11.9 Å². The SMILES string of the molecule is C=Cc1c(C)c2cc3nc(c4c5nc(cc6[nH]c(cc1[nH]2)c(C)c6CC)c(C)c-5c(O)oc4O)[C@H](CCC(=O)O)[C@@H]3C. The van der Waals surface area contributed by atoms with Gasteiger partial charge in [0, 0.05) is 51.6 Å². The van der Waals surface area contributed by atoms with Crippen LogP contribution in [0.4, 0.5) is 0 Å². The number of carboxylic acid groups (broad SMARTS) is 1. The summed E-state index contributed by atoms with van der Waals surface area (Å²) >= 11 is 0. The van der Waals surface area contributed by atoms with E-state index in [2.05, 4.69) is 36.5 Å². The molecule has 6 heterocycles. The number of carbonyl (C=O) groups is 1. The van der Waals surface area contributed by atoms with E-state index < -0.39 is 17.9 Å². The minimum atomic E-state index is -0.913. The number of fused-ring (bicyclic) bond motifs is 8. The minimum Gasteiger partial charge on any atom is -0.481 e. The summed E-state index contributed by atoms with van der Waals surface area (Å²) in [6.07, 6.45) is 2.87. The van der Waals surface area contributed by atoms with Crippen molar-refractivity contribution in [3.05, 3.63) is 64.0 Å². The zero-order valence-electron chi connectivity index (χ0n) is 24.3. The van der Waals surface area contributed by atoms with Gasteiger partial charge >= 0.3 is 5.97 Å². The van der Waals surface area contributed by atoms with Crippen LogP contribution in [0.5, 0.6) is 11.9 Å².